The SMILES string of the molecule is Cc1ccc(C(=O)[C@@H](C)OC(=O)CNC(=O)c2ccccc2F)cc1. The molecule has 2 aromatic carbocycles. The van der Waals surface area contributed by atoms with Gasteiger partial charge in [0.2, 0.25) is 5.78 Å². The topological polar surface area (TPSA) is 72.5 Å². The number of ether oxygens (including phenoxy) is 1. The second-order valence-corrected chi connectivity index (χ2v) is 5.52. The first kappa shape index (κ1) is 18.3. The molecule has 0 fully saturated rings. The molecule has 0 aliphatic rings. The van der Waals surface area contributed by atoms with Gasteiger partial charge in [0.15, 0.2) is 6.10 Å². The van der Waals surface area contributed by atoms with Crippen molar-refractivity contribution in [2.45, 2.75) is 20.0 Å². The van der Waals surface area contributed by atoms with Gasteiger partial charge in [0.1, 0.15) is 12.4 Å². The van der Waals surface area contributed by atoms with E-state index in [1.807, 2.05) is 6.92 Å². The van der Waals surface area contributed by atoms with E-state index in [4.69, 9.17) is 4.74 Å². The zero-order chi connectivity index (χ0) is 18.4. The van der Waals surface area contributed by atoms with Crippen molar-refractivity contribution < 1.29 is 23.5 Å². The lowest BCUT2D eigenvalue weighted by Gasteiger charge is -2.13. The van der Waals surface area contributed by atoms with Gasteiger partial charge in [-0.25, -0.2) is 4.39 Å². The number of halogens is 1. The van der Waals surface area contributed by atoms with Gasteiger partial charge in [0.25, 0.3) is 5.91 Å². The molecule has 0 bridgehead atoms. The predicted octanol–water partition coefficient (Wildman–Crippen LogP) is 2.68. The molecule has 0 aliphatic heterocycles. The Morgan fingerprint density at radius 2 is 1.72 bits per heavy atom. The van der Waals surface area contributed by atoms with E-state index in [0.717, 1.165) is 11.6 Å². The number of carbonyl (C=O) groups is 3. The number of hydrogen-bond acceptors (Lipinski definition) is 4. The largest absolute Gasteiger partial charge is 0.453 e. The van der Waals surface area contributed by atoms with Crippen molar-refractivity contribution >= 4 is 17.7 Å². The van der Waals surface area contributed by atoms with E-state index in [2.05, 4.69) is 5.32 Å². The van der Waals surface area contributed by atoms with Crippen LogP contribution < -0.4 is 5.32 Å². The van der Waals surface area contributed by atoms with Crippen molar-refractivity contribution in [3.05, 3.63) is 71.0 Å². The molecule has 130 valence electrons. The average molecular weight is 343 g/mol. The van der Waals surface area contributed by atoms with Crippen molar-refractivity contribution in [1.29, 1.82) is 0 Å². The van der Waals surface area contributed by atoms with Gasteiger partial charge in [0, 0.05) is 5.56 Å². The molecule has 1 atom stereocenters. The molecule has 6 heteroatoms. The Balaban J connectivity index is 1.87. The van der Waals surface area contributed by atoms with E-state index in [0.29, 0.717) is 5.56 Å². The lowest BCUT2D eigenvalue weighted by Crippen LogP contribution is -2.34. The van der Waals surface area contributed by atoms with Crippen LogP contribution in [0.3, 0.4) is 0 Å². The third kappa shape index (κ3) is 4.97. The normalized spacial score (nSPS) is 11.5. The summed E-state index contributed by atoms with van der Waals surface area (Å²) in [4.78, 5) is 35.8. The molecule has 0 heterocycles. The van der Waals surface area contributed by atoms with E-state index < -0.39 is 30.3 Å². The van der Waals surface area contributed by atoms with Crippen molar-refractivity contribution in [3.8, 4) is 0 Å². The average Bonchev–Trinajstić information content (AvgIpc) is 2.60. The molecule has 0 radical (unpaired) electrons. The molecule has 0 saturated carbocycles. The van der Waals surface area contributed by atoms with Gasteiger partial charge >= 0.3 is 5.97 Å². The second-order valence-electron chi connectivity index (χ2n) is 5.52. The number of ketones is 1. The standard InChI is InChI=1S/C19H18FNO4/c1-12-7-9-14(10-8-12)18(23)13(2)25-17(22)11-21-19(24)15-5-3-4-6-16(15)20/h3-10,13H,11H2,1-2H3,(H,21,24)/t13-/m1/s1. The summed E-state index contributed by atoms with van der Waals surface area (Å²) in [5.74, 6) is -2.53. The minimum Gasteiger partial charge on any atom is -0.453 e. The lowest BCUT2D eigenvalue weighted by molar-refractivity contribution is -0.145. The Morgan fingerprint density at radius 1 is 1.08 bits per heavy atom. The van der Waals surface area contributed by atoms with Crippen LogP contribution in [0.15, 0.2) is 48.5 Å². The summed E-state index contributed by atoms with van der Waals surface area (Å²) in [5.41, 5.74) is 1.28. The molecule has 5 nitrogen and oxygen atoms in total. The van der Waals surface area contributed by atoms with Crippen LogP contribution in [0, 0.1) is 12.7 Å². The van der Waals surface area contributed by atoms with Crippen molar-refractivity contribution in [2.75, 3.05) is 6.54 Å². The van der Waals surface area contributed by atoms with Crippen molar-refractivity contribution in [1.82, 2.24) is 5.32 Å². The smallest absolute Gasteiger partial charge is 0.326 e. The van der Waals surface area contributed by atoms with E-state index in [1.54, 1.807) is 24.3 Å². The van der Waals surface area contributed by atoms with E-state index in [1.165, 1.54) is 25.1 Å². The van der Waals surface area contributed by atoms with E-state index in [9.17, 15) is 18.8 Å². The maximum Gasteiger partial charge on any atom is 0.326 e. The number of amides is 1. The molecule has 0 aliphatic carbocycles. The lowest BCUT2D eigenvalue weighted by atomic mass is 10.1. The van der Waals surface area contributed by atoms with Crippen LogP contribution in [-0.2, 0) is 9.53 Å². The Labute approximate surface area is 144 Å². The highest BCUT2D eigenvalue weighted by atomic mass is 19.1. The number of aryl methyl sites for hydroxylation is 1. The fraction of sp³-hybridized carbons (Fsp3) is 0.211. The third-order valence-electron chi connectivity index (χ3n) is 3.53. The highest BCUT2D eigenvalue weighted by Crippen LogP contribution is 2.09. The molecule has 0 unspecified atom stereocenters. The summed E-state index contributed by atoms with van der Waals surface area (Å²) in [6.45, 7) is 2.90. The van der Waals surface area contributed by atoms with Crippen LogP contribution in [-0.4, -0.2) is 30.3 Å². The third-order valence-corrected chi connectivity index (χ3v) is 3.53. The molecular weight excluding hydrogens is 325 g/mol. The summed E-state index contributed by atoms with van der Waals surface area (Å²) in [6.07, 6.45) is -0.986. The summed E-state index contributed by atoms with van der Waals surface area (Å²) in [7, 11) is 0. The maximum atomic E-state index is 13.5. The Bertz CT molecular complexity index is 786. The number of rotatable bonds is 6. The molecule has 0 spiro atoms. The van der Waals surface area contributed by atoms with Crippen LogP contribution in [0.5, 0.6) is 0 Å². The molecule has 0 aromatic heterocycles. The first-order chi connectivity index (χ1) is 11.9. The van der Waals surface area contributed by atoms with Crippen LogP contribution in [0.25, 0.3) is 0 Å². The number of esters is 1. The van der Waals surface area contributed by atoms with Gasteiger partial charge in [-0.3, -0.25) is 14.4 Å². The van der Waals surface area contributed by atoms with Crippen LogP contribution in [0.2, 0.25) is 0 Å². The monoisotopic (exact) mass is 343 g/mol. The quantitative estimate of drug-likeness (QED) is 0.646. The van der Waals surface area contributed by atoms with Gasteiger partial charge < -0.3 is 10.1 Å². The fourth-order valence-corrected chi connectivity index (χ4v) is 2.14. The van der Waals surface area contributed by atoms with Crippen LogP contribution >= 0.6 is 0 Å². The summed E-state index contributed by atoms with van der Waals surface area (Å²) < 4.78 is 18.5. The Kier molecular flexibility index (Phi) is 6.00. The highest BCUT2D eigenvalue weighted by molar-refractivity contribution is 6.00. The van der Waals surface area contributed by atoms with E-state index >= 15 is 0 Å². The molecular formula is C19H18FNO4. The number of nitrogens with one attached hydrogen (secondary N) is 1. The summed E-state index contributed by atoms with van der Waals surface area (Å²) >= 11 is 0. The summed E-state index contributed by atoms with van der Waals surface area (Å²) in [5, 5.41) is 2.27. The minimum absolute atomic E-state index is 0.168. The number of hydrogen-bond donors (Lipinski definition) is 1. The fourth-order valence-electron chi connectivity index (χ4n) is 2.14. The predicted molar refractivity (Wildman–Crippen MR) is 89.8 cm³/mol. The molecule has 2 rings (SSSR count). The van der Waals surface area contributed by atoms with Crippen LogP contribution in [0.1, 0.15) is 33.2 Å². The summed E-state index contributed by atoms with van der Waals surface area (Å²) in [6, 6.07) is 12.3. The van der Waals surface area contributed by atoms with Gasteiger partial charge in [0.05, 0.1) is 5.56 Å². The molecule has 25 heavy (non-hydrogen) atoms. The number of Topliss-reactive ketones (excluding diaryl/α,β-unsaturated/α-hetero) is 1. The number of benzene rings is 2. The van der Waals surface area contributed by atoms with Gasteiger partial charge in [-0.1, -0.05) is 42.0 Å². The van der Waals surface area contributed by atoms with Gasteiger partial charge in [-0.2, -0.15) is 0 Å². The Hall–Kier alpha value is -3.02. The highest BCUT2D eigenvalue weighted by Gasteiger charge is 2.20. The zero-order valence-corrected chi connectivity index (χ0v) is 13.9. The first-order valence-electron chi connectivity index (χ1n) is 7.71. The zero-order valence-electron chi connectivity index (χ0n) is 13.9. The Morgan fingerprint density at radius 3 is 2.36 bits per heavy atom. The van der Waals surface area contributed by atoms with Crippen LogP contribution in [0.4, 0.5) is 4.39 Å². The molecule has 1 N–H and O–H groups in total. The number of carbonyl (C=O) groups excluding carboxylic acids is 3. The molecule has 0 saturated heterocycles. The van der Waals surface area contributed by atoms with Crippen molar-refractivity contribution in [3.63, 3.8) is 0 Å². The molecule has 1 amide bonds. The van der Waals surface area contributed by atoms with Gasteiger partial charge in [-0.15, -0.1) is 0 Å². The van der Waals surface area contributed by atoms with Gasteiger partial charge in [-0.05, 0) is 26.0 Å². The van der Waals surface area contributed by atoms with Crippen molar-refractivity contribution in [2.24, 2.45) is 0 Å². The van der Waals surface area contributed by atoms with E-state index in [-0.39, 0.29) is 11.3 Å². The minimum atomic E-state index is -0.986. The second kappa shape index (κ2) is 8.19. The maximum absolute atomic E-state index is 13.5. The first-order valence-corrected chi connectivity index (χ1v) is 7.71. The molecule has 2 aromatic rings.